The van der Waals surface area contributed by atoms with Gasteiger partial charge in [0.05, 0.1) is 5.92 Å². The molecule has 1 aliphatic heterocycles. The quantitative estimate of drug-likeness (QED) is 0.910. The summed E-state index contributed by atoms with van der Waals surface area (Å²) in [6.07, 6.45) is 0. The SMILES string of the molecule is O=C(NCc1ccccc1)[C@H]1CNC[C@@H]1c1ccc(F)cc1. The fourth-order valence-electron chi connectivity index (χ4n) is 2.93. The maximum atomic E-state index is 13.0. The van der Waals surface area contributed by atoms with Crippen LogP contribution in [0.4, 0.5) is 4.39 Å². The number of carbonyl (C=O) groups is 1. The minimum Gasteiger partial charge on any atom is -0.352 e. The van der Waals surface area contributed by atoms with Crippen molar-refractivity contribution in [1.29, 1.82) is 0 Å². The van der Waals surface area contributed by atoms with Crippen LogP contribution in [-0.4, -0.2) is 19.0 Å². The monoisotopic (exact) mass is 298 g/mol. The molecule has 0 bridgehead atoms. The molecule has 4 heteroatoms. The lowest BCUT2D eigenvalue weighted by Crippen LogP contribution is -2.34. The van der Waals surface area contributed by atoms with Crippen molar-refractivity contribution in [3.63, 3.8) is 0 Å². The zero-order chi connectivity index (χ0) is 15.4. The van der Waals surface area contributed by atoms with E-state index in [1.165, 1.54) is 12.1 Å². The van der Waals surface area contributed by atoms with Gasteiger partial charge >= 0.3 is 0 Å². The molecule has 1 aliphatic rings. The smallest absolute Gasteiger partial charge is 0.225 e. The third-order valence-corrected chi connectivity index (χ3v) is 4.16. The normalized spacial score (nSPS) is 20.8. The first-order valence-electron chi connectivity index (χ1n) is 7.52. The minimum absolute atomic E-state index is 0.0446. The van der Waals surface area contributed by atoms with Crippen LogP contribution >= 0.6 is 0 Å². The lowest BCUT2D eigenvalue weighted by atomic mass is 9.88. The van der Waals surface area contributed by atoms with Crippen molar-refractivity contribution >= 4 is 5.91 Å². The average molecular weight is 298 g/mol. The first-order chi connectivity index (χ1) is 10.7. The molecule has 0 spiro atoms. The maximum Gasteiger partial charge on any atom is 0.225 e. The third-order valence-electron chi connectivity index (χ3n) is 4.16. The number of carbonyl (C=O) groups excluding carboxylic acids is 1. The summed E-state index contributed by atoms with van der Waals surface area (Å²) in [6, 6.07) is 16.3. The molecule has 0 saturated carbocycles. The molecule has 2 N–H and O–H groups in total. The van der Waals surface area contributed by atoms with Gasteiger partial charge in [0.15, 0.2) is 0 Å². The van der Waals surface area contributed by atoms with Gasteiger partial charge < -0.3 is 10.6 Å². The molecule has 0 radical (unpaired) electrons. The second-order valence-electron chi connectivity index (χ2n) is 5.63. The van der Waals surface area contributed by atoms with Crippen LogP contribution in [0.15, 0.2) is 54.6 Å². The van der Waals surface area contributed by atoms with E-state index in [1.807, 2.05) is 30.3 Å². The van der Waals surface area contributed by atoms with Gasteiger partial charge in [0.1, 0.15) is 5.82 Å². The molecular formula is C18H19FN2O. The van der Waals surface area contributed by atoms with Crippen LogP contribution in [0.25, 0.3) is 0 Å². The molecule has 1 amide bonds. The summed E-state index contributed by atoms with van der Waals surface area (Å²) in [5.41, 5.74) is 2.09. The van der Waals surface area contributed by atoms with Gasteiger partial charge in [0, 0.05) is 25.6 Å². The first-order valence-corrected chi connectivity index (χ1v) is 7.52. The average Bonchev–Trinajstić information content (AvgIpc) is 3.04. The molecule has 3 rings (SSSR count). The topological polar surface area (TPSA) is 41.1 Å². The third kappa shape index (κ3) is 3.34. The van der Waals surface area contributed by atoms with E-state index in [1.54, 1.807) is 12.1 Å². The maximum absolute atomic E-state index is 13.0. The van der Waals surface area contributed by atoms with Crippen LogP contribution < -0.4 is 10.6 Å². The van der Waals surface area contributed by atoms with Crippen molar-refractivity contribution in [3.05, 3.63) is 71.5 Å². The molecule has 2 aromatic rings. The van der Waals surface area contributed by atoms with E-state index in [9.17, 15) is 9.18 Å². The molecule has 2 aromatic carbocycles. The summed E-state index contributed by atoms with van der Waals surface area (Å²) < 4.78 is 13.0. The fraction of sp³-hybridized carbons (Fsp3) is 0.278. The number of nitrogens with one attached hydrogen (secondary N) is 2. The zero-order valence-electron chi connectivity index (χ0n) is 12.3. The summed E-state index contributed by atoms with van der Waals surface area (Å²) in [5.74, 6) is -0.228. The molecule has 22 heavy (non-hydrogen) atoms. The van der Waals surface area contributed by atoms with E-state index in [4.69, 9.17) is 0 Å². The standard InChI is InChI=1S/C18H19FN2O/c19-15-8-6-14(7-9-15)16-11-20-12-17(16)18(22)21-10-13-4-2-1-3-5-13/h1-9,16-17,20H,10-12H2,(H,21,22)/t16-,17+/m1/s1. The number of benzene rings is 2. The number of rotatable bonds is 4. The summed E-state index contributed by atoms with van der Waals surface area (Å²) in [6.45, 7) is 1.93. The highest BCUT2D eigenvalue weighted by atomic mass is 19.1. The molecular weight excluding hydrogens is 279 g/mol. The number of hydrogen-bond donors (Lipinski definition) is 2. The molecule has 0 aromatic heterocycles. The van der Waals surface area contributed by atoms with Gasteiger partial charge in [-0.25, -0.2) is 4.39 Å². The number of halogens is 1. The van der Waals surface area contributed by atoms with Crippen molar-refractivity contribution in [2.75, 3.05) is 13.1 Å². The molecule has 1 saturated heterocycles. The van der Waals surface area contributed by atoms with Gasteiger partial charge in [-0.3, -0.25) is 4.79 Å². The van der Waals surface area contributed by atoms with E-state index in [0.717, 1.165) is 17.7 Å². The number of hydrogen-bond acceptors (Lipinski definition) is 2. The summed E-state index contributed by atoms with van der Waals surface area (Å²) in [5, 5.41) is 6.26. The lowest BCUT2D eigenvalue weighted by Gasteiger charge is -2.18. The van der Waals surface area contributed by atoms with Crippen molar-refractivity contribution in [2.24, 2.45) is 5.92 Å². The van der Waals surface area contributed by atoms with Crippen LogP contribution in [0, 0.1) is 11.7 Å². The first kappa shape index (κ1) is 14.7. The van der Waals surface area contributed by atoms with Crippen LogP contribution in [0.3, 0.4) is 0 Å². The van der Waals surface area contributed by atoms with Crippen LogP contribution in [0.1, 0.15) is 17.0 Å². The number of amides is 1. The van der Waals surface area contributed by atoms with Gasteiger partial charge in [0.25, 0.3) is 0 Å². The molecule has 0 aliphatic carbocycles. The van der Waals surface area contributed by atoms with Crippen molar-refractivity contribution in [2.45, 2.75) is 12.5 Å². The van der Waals surface area contributed by atoms with Gasteiger partial charge in [0.2, 0.25) is 5.91 Å². The minimum atomic E-state index is -0.250. The van der Waals surface area contributed by atoms with Gasteiger partial charge in [-0.2, -0.15) is 0 Å². The van der Waals surface area contributed by atoms with Crippen LogP contribution in [0.2, 0.25) is 0 Å². The largest absolute Gasteiger partial charge is 0.352 e. The highest BCUT2D eigenvalue weighted by Gasteiger charge is 2.33. The summed E-state index contributed by atoms with van der Waals surface area (Å²) >= 11 is 0. The Kier molecular flexibility index (Phi) is 4.49. The van der Waals surface area contributed by atoms with Crippen molar-refractivity contribution in [1.82, 2.24) is 10.6 Å². The Morgan fingerprint density at radius 2 is 1.82 bits per heavy atom. The molecule has 0 unspecified atom stereocenters. The van der Waals surface area contributed by atoms with Crippen LogP contribution in [-0.2, 0) is 11.3 Å². The molecule has 3 nitrogen and oxygen atoms in total. The molecule has 1 fully saturated rings. The van der Waals surface area contributed by atoms with E-state index < -0.39 is 0 Å². The Morgan fingerprint density at radius 1 is 1.09 bits per heavy atom. The van der Waals surface area contributed by atoms with E-state index >= 15 is 0 Å². The lowest BCUT2D eigenvalue weighted by molar-refractivity contribution is -0.125. The Labute approximate surface area is 129 Å². The second kappa shape index (κ2) is 6.71. The second-order valence-corrected chi connectivity index (χ2v) is 5.63. The van der Waals surface area contributed by atoms with Gasteiger partial charge in [-0.15, -0.1) is 0 Å². The highest BCUT2D eigenvalue weighted by Crippen LogP contribution is 2.28. The van der Waals surface area contributed by atoms with Crippen molar-refractivity contribution < 1.29 is 9.18 Å². The highest BCUT2D eigenvalue weighted by molar-refractivity contribution is 5.80. The molecule has 1 heterocycles. The zero-order valence-corrected chi connectivity index (χ0v) is 12.3. The fourth-order valence-corrected chi connectivity index (χ4v) is 2.93. The Morgan fingerprint density at radius 3 is 2.55 bits per heavy atom. The van der Waals surface area contributed by atoms with Crippen LogP contribution in [0.5, 0.6) is 0 Å². The Balaban J connectivity index is 1.65. The summed E-state index contributed by atoms with van der Waals surface area (Å²) in [7, 11) is 0. The molecule has 2 atom stereocenters. The van der Waals surface area contributed by atoms with E-state index in [-0.39, 0.29) is 23.6 Å². The van der Waals surface area contributed by atoms with E-state index in [0.29, 0.717) is 13.1 Å². The van der Waals surface area contributed by atoms with Gasteiger partial charge in [-0.05, 0) is 23.3 Å². The Bertz CT molecular complexity index is 627. The predicted molar refractivity (Wildman–Crippen MR) is 83.8 cm³/mol. The van der Waals surface area contributed by atoms with Crippen molar-refractivity contribution in [3.8, 4) is 0 Å². The van der Waals surface area contributed by atoms with E-state index in [2.05, 4.69) is 10.6 Å². The predicted octanol–water partition coefficient (Wildman–Crippen LogP) is 2.45. The van der Waals surface area contributed by atoms with Gasteiger partial charge in [-0.1, -0.05) is 42.5 Å². The Hall–Kier alpha value is -2.20. The molecule has 114 valence electrons. The summed E-state index contributed by atoms with van der Waals surface area (Å²) in [4.78, 5) is 12.4.